The molecule has 0 saturated heterocycles. The maximum absolute atomic E-state index is 12.0. The van der Waals surface area contributed by atoms with E-state index in [2.05, 4.69) is 10.4 Å². The molecule has 108 valence electrons. The van der Waals surface area contributed by atoms with E-state index in [1.165, 1.54) is 0 Å². The molecule has 3 aromatic rings. The van der Waals surface area contributed by atoms with Gasteiger partial charge in [-0.3, -0.25) is 9.48 Å². The Balaban J connectivity index is 1.63. The van der Waals surface area contributed by atoms with E-state index in [0.29, 0.717) is 24.4 Å². The van der Waals surface area contributed by atoms with Crippen molar-refractivity contribution in [3.8, 4) is 0 Å². The number of hydrogen-bond donors (Lipinski definition) is 2. The Bertz CT molecular complexity index is 788. The Morgan fingerprint density at radius 2 is 2.29 bits per heavy atom. The fourth-order valence-corrected chi connectivity index (χ4v) is 2.13. The number of aryl methyl sites for hydroxylation is 1. The highest BCUT2D eigenvalue weighted by molar-refractivity contribution is 5.96. The third kappa shape index (κ3) is 2.89. The Morgan fingerprint density at radius 3 is 3.05 bits per heavy atom. The van der Waals surface area contributed by atoms with Crippen molar-refractivity contribution in [3.63, 3.8) is 0 Å². The Labute approximate surface area is 121 Å². The first-order chi connectivity index (χ1) is 10.1. The molecule has 0 unspecified atom stereocenters. The lowest BCUT2D eigenvalue weighted by Crippen LogP contribution is -2.26. The topological polar surface area (TPSA) is 86.1 Å². The van der Waals surface area contributed by atoms with Crippen LogP contribution in [0.4, 0.5) is 5.69 Å². The van der Waals surface area contributed by atoms with Crippen LogP contribution in [0.5, 0.6) is 0 Å². The highest BCUT2D eigenvalue weighted by Gasteiger charge is 2.11. The molecule has 0 bridgehead atoms. The zero-order valence-electron chi connectivity index (χ0n) is 11.7. The van der Waals surface area contributed by atoms with Crippen molar-refractivity contribution in [2.45, 2.75) is 13.5 Å². The molecule has 0 radical (unpaired) electrons. The second kappa shape index (κ2) is 5.32. The van der Waals surface area contributed by atoms with E-state index in [4.69, 9.17) is 10.2 Å². The number of anilines is 1. The summed E-state index contributed by atoms with van der Waals surface area (Å²) in [7, 11) is 0. The average molecular weight is 284 g/mol. The van der Waals surface area contributed by atoms with Crippen molar-refractivity contribution in [3.05, 3.63) is 48.0 Å². The number of aromatic nitrogens is 2. The van der Waals surface area contributed by atoms with Gasteiger partial charge in [0.25, 0.3) is 5.91 Å². The summed E-state index contributed by atoms with van der Waals surface area (Å²) in [5.41, 5.74) is 8.09. The summed E-state index contributed by atoms with van der Waals surface area (Å²) < 4.78 is 7.29. The van der Waals surface area contributed by atoms with Crippen LogP contribution in [0, 0.1) is 6.92 Å². The Kier molecular flexibility index (Phi) is 3.35. The smallest absolute Gasteiger partial charge is 0.287 e. The van der Waals surface area contributed by atoms with Crippen molar-refractivity contribution in [2.75, 3.05) is 12.3 Å². The first-order valence-electron chi connectivity index (χ1n) is 6.68. The van der Waals surface area contributed by atoms with Gasteiger partial charge < -0.3 is 15.5 Å². The molecule has 6 nitrogen and oxygen atoms in total. The number of fused-ring (bicyclic) bond motifs is 1. The molecule has 0 aliphatic heterocycles. The predicted octanol–water partition coefficient (Wildman–Crippen LogP) is 1.95. The number of nitrogens with one attached hydrogen (secondary N) is 1. The predicted molar refractivity (Wildman–Crippen MR) is 79.9 cm³/mol. The van der Waals surface area contributed by atoms with E-state index in [0.717, 1.165) is 10.9 Å². The minimum Gasteiger partial charge on any atom is -0.451 e. The molecule has 3 N–H and O–H groups in total. The van der Waals surface area contributed by atoms with E-state index < -0.39 is 0 Å². The number of nitrogen functional groups attached to an aromatic ring is 1. The van der Waals surface area contributed by atoms with Gasteiger partial charge in [0.1, 0.15) is 5.58 Å². The van der Waals surface area contributed by atoms with E-state index in [-0.39, 0.29) is 11.7 Å². The van der Waals surface area contributed by atoms with E-state index in [1.54, 1.807) is 35.1 Å². The van der Waals surface area contributed by atoms with Gasteiger partial charge in [-0.2, -0.15) is 5.10 Å². The van der Waals surface area contributed by atoms with Crippen molar-refractivity contribution in [1.82, 2.24) is 15.1 Å². The van der Waals surface area contributed by atoms with E-state index in [9.17, 15) is 4.79 Å². The second-order valence-electron chi connectivity index (χ2n) is 4.94. The molecule has 0 aliphatic carbocycles. The molecule has 3 rings (SSSR count). The SMILES string of the molecule is Cc1cnn(CCNC(=O)c2cc3cc(N)ccc3o2)c1. The normalized spacial score (nSPS) is 10.9. The maximum atomic E-state index is 12.0. The summed E-state index contributed by atoms with van der Waals surface area (Å²) in [5, 5.41) is 7.79. The van der Waals surface area contributed by atoms with Gasteiger partial charge in [0, 0.05) is 23.8 Å². The van der Waals surface area contributed by atoms with Crippen LogP contribution in [0.1, 0.15) is 16.1 Å². The molecule has 0 atom stereocenters. The minimum atomic E-state index is -0.242. The number of furan rings is 1. The van der Waals surface area contributed by atoms with Gasteiger partial charge in [0.2, 0.25) is 0 Å². The molecule has 2 aromatic heterocycles. The maximum Gasteiger partial charge on any atom is 0.287 e. The van der Waals surface area contributed by atoms with Gasteiger partial charge in [-0.1, -0.05) is 0 Å². The number of carbonyl (C=O) groups excluding carboxylic acids is 1. The second-order valence-corrected chi connectivity index (χ2v) is 4.94. The number of benzene rings is 1. The number of nitrogens with two attached hydrogens (primary N) is 1. The van der Waals surface area contributed by atoms with Gasteiger partial charge in [-0.05, 0) is 36.8 Å². The highest BCUT2D eigenvalue weighted by atomic mass is 16.3. The number of carbonyl (C=O) groups is 1. The summed E-state index contributed by atoms with van der Waals surface area (Å²) in [6.45, 7) is 3.08. The van der Waals surface area contributed by atoms with E-state index in [1.807, 2.05) is 13.1 Å². The molecule has 1 amide bonds. The third-order valence-corrected chi connectivity index (χ3v) is 3.15. The molecule has 6 heteroatoms. The zero-order chi connectivity index (χ0) is 14.8. The minimum absolute atomic E-state index is 0.242. The molecule has 0 saturated carbocycles. The first kappa shape index (κ1) is 13.2. The van der Waals surface area contributed by atoms with Crippen molar-refractivity contribution < 1.29 is 9.21 Å². The fraction of sp³-hybridized carbons (Fsp3) is 0.200. The highest BCUT2D eigenvalue weighted by Crippen LogP contribution is 2.21. The molecule has 1 aromatic carbocycles. The molecular weight excluding hydrogens is 268 g/mol. The van der Waals surface area contributed by atoms with E-state index >= 15 is 0 Å². The monoisotopic (exact) mass is 284 g/mol. The molecule has 0 aliphatic rings. The lowest BCUT2D eigenvalue weighted by atomic mass is 10.2. The molecule has 0 fully saturated rings. The van der Waals surface area contributed by atoms with Crippen LogP contribution in [0.2, 0.25) is 0 Å². The molecular formula is C15H16N4O2. The third-order valence-electron chi connectivity index (χ3n) is 3.15. The van der Waals surface area contributed by atoms with Crippen LogP contribution in [0.15, 0.2) is 41.1 Å². The molecule has 2 heterocycles. The summed E-state index contributed by atoms with van der Waals surface area (Å²) in [6, 6.07) is 6.97. The van der Waals surface area contributed by atoms with Crippen molar-refractivity contribution in [2.24, 2.45) is 0 Å². The van der Waals surface area contributed by atoms with Gasteiger partial charge in [-0.15, -0.1) is 0 Å². The van der Waals surface area contributed by atoms with Gasteiger partial charge in [0.05, 0.1) is 12.7 Å². The summed E-state index contributed by atoms with van der Waals surface area (Å²) >= 11 is 0. The summed E-state index contributed by atoms with van der Waals surface area (Å²) in [5.74, 6) is 0.0425. The fourth-order valence-electron chi connectivity index (χ4n) is 2.13. The Morgan fingerprint density at radius 1 is 1.43 bits per heavy atom. The van der Waals surface area contributed by atoms with Crippen LogP contribution in [-0.2, 0) is 6.54 Å². The summed E-state index contributed by atoms with van der Waals surface area (Å²) in [6.07, 6.45) is 3.71. The average Bonchev–Trinajstić information content (AvgIpc) is 3.04. The van der Waals surface area contributed by atoms with Crippen molar-refractivity contribution in [1.29, 1.82) is 0 Å². The van der Waals surface area contributed by atoms with Gasteiger partial charge in [0.15, 0.2) is 5.76 Å². The lowest BCUT2D eigenvalue weighted by Gasteiger charge is -2.03. The van der Waals surface area contributed by atoms with Crippen LogP contribution in [0.3, 0.4) is 0 Å². The van der Waals surface area contributed by atoms with Crippen molar-refractivity contribution >= 4 is 22.6 Å². The van der Waals surface area contributed by atoms with Crippen LogP contribution in [0.25, 0.3) is 11.0 Å². The molecule has 21 heavy (non-hydrogen) atoms. The van der Waals surface area contributed by atoms with Gasteiger partial charge >= 0.3 is 0 Å². The van der Waals surface area contributed by atoms with Crippen LogP contribution >= 0.6 is 0 Å². The number of rotatable bonds is 4. The van der Waals surface area contributed by atoms with Crippen LogP contribution < -0.4 is 11.1 Å². The standard InChI is InChI=1S/C15H16N4O2/c1-10-8-18-19(9-10)5-4-17-15(20)14-7-11-6-12(16)2-3-13(11)21-14/h2-3,6-9H,4-5,16H2,1H3,(H,17,20). The number of amides is 1. The quantitative estimate of drug-likeness (QED) is 0.717. The Hall–Kier alpha value is -2.76. The first-order valence-corrected chi connectivity index (χ1v) is 6.68. The number of hydrogen-bond acceptors (Lipinski definition) is 4. The zero-order valence-corrected chi connectivity index (χ0v) is 11.7. The summed E-state index contributed by atoms with van der Waals surface area (Å²) in [4.78, 5) is 12.0. The largest absolute Gasteiger partial charge is 0.451 e. The van der Waals surface area contributed by atoms with Gasteiger partial charge in [-0.25, -0.2) is 0 Å². The molecule has 0 spiro atoms. The number of nitrogens with zero attached hydrogens (tertiary/aromatic N) is 2. The van der Waals surface area contributed by atoms with Crippen LogP contribution in [-0.4, -0.2) is 22.2 Å². The lowest BCUT2D eigenvalue weighted by molar-refractivity contribution is 0.0926.